The summed E-state index contributed by atoms with van der Waals surface area (Å²) in [5.74, 6) is 1.95. The van der Waals surface area contributed by atoms with E-state index in [1.165, 1.54) is 11.1 Å². The number of nitrogens with one attached hydrogen (secondary N) is 1. The van der Waals surface area contributed by atoms with Gasteiger partial charge < -0.3 is 14.8 Å². The number of nitrogens with zero attached hydrogens (tertiary/aromatic N) is 1. The summed E-state index contributed by atoms with van der Waals surface area (Å²) in [4.78, 5) is 2.53. The van der Waals surface area contributed by atoms with Gasteiger partial charge >= 0.3 is 0 Å². The lowest BCUT2D eigenvalue weighted by Crippen LogP contribution is -2.55. The molecular weight excluding hydrogens is 312 g/mol. The van der Waals surface area contributed by atoms with Crippen molar-refractivity contribution in [3.8, 4) is 11.5 Å². The fourth-order valence-electron chi connectivity index (χ4n) is 3.79. The molecule has 2 heterocycles. The predicted molar refractivity (Wildman–Crippen MR) is 99.0 cm³/mol. The molecule has 25 heavy (non-hydrogen) atoms. The number of hydrogen-bond donors (Lipinski definition) is 1. The lowest BCUT2D eigenvalue weighted by molar-refractivity contribution is 0.0904. The minimum Gasteiger partial charge on any atom is -0.497 e. The topological polar surface area (TPSA) is 33.7 Å². The molecule has 0 unspecified atom stereocenters. The smallest absolute Gasteiger partial charge is 0.123 e. The Hall–Kier alpha value is -2.04. The third-order valence-electron chi connectivity index (χ3n) is 5.51. The standard InChI is InChI=1S/C21H26N2O2/c1-24-19-8-6-17(7-9-19)15-23-12-10-21(11-13-23)16-25-20-5-3-2-4-18(20)14-22-21/h2-9,22H,10-16H2,1H3. The Morgan fingerprint density at radius 1 is 1.08 bits per heavy atom. The molecule has 2 aliphatic rings. The Labute approximate surface area is 149 Å². The number of para-hydroxylation sites is 1. The van der Waals surface area contributed by atoms with Crippen LogP contribution in [0, 0.1) is 0 Å². The zero-order valence-electron chi connectivity index (χ0n) is 14.8. The summed E-state index contributed by atoms with van der Waals surface area (Å²) in [6.45, 7) is 4.85. The zero-order valence-corrected chi connectivity index (χ0v) is 14.8. The van der Waals surface area contributed by atoms with Gasteiger partial charge in [-0.15, -0.1) is 0 Å². The number of benzene rings is 2. The van der Waals surface area contributed by atoms with Gasteiger partial charge in [-0.1, -0.05) is 30.3 Å². The molecule has 1 N–H and O–H groups in total. The van der Waals surface area contributed by atoms with Crippen LogP contribution in [0.15, 0.2) is 48.5 Å². The van der Waals surface area contributed by atoms with Crippen LogP contribution in [0.2, 0.25) is 0 Å². The van der Waals surface area contributed by atoms with Gasteiger partial charge in [0.05, 0.1) is 12.6 Å². The van der Waals surface area contributed by atoms with Gasteiger partial charge in [-0.2, -0.15) is 0 Å². The second-order valence-corrected chi connectivity index (χ2v) is 7.15. The molecular formula is C21H26N2O2. The Bertz CT molecular complexity index is 677. The van der Waals surface area contributed by atoms with Gasteiger partial charge in [0.1, 0.15) is 18.1 Å². The number of ether oxygens (including phenoxy) is 2. The van der Waals surface area contributed by atoms with Gasteiger partial charge in [0.15, 0.2) is 0 Å². The molecule has 132 valence electrons. The van der Waals surface area contributed by atoms with Crippen LogP contribution in [-0.4, -0.2) is 37.2 Å². The van der Waals surface area contributed by atoms with Crippen molar-refractivity contribution in [2.45, 2.75) is 31.5 Å². The van der Waals surface area contributed by atoms with Crippen LogP contribution < -0.4 is 14.8 Å². The number of fused-ring (bicyclic) bond motifs is 1. The first-order valence-electron chi connectivity index (χ1n) is 9.07. The fraction of sp³-hybridized carbons (Fsp3) is 0.429. The lowest BCUT2D eigenvalue weighted by Gasteiger charge is -2.41. The third kappa shape index (κ3) is 3.65. The van der Waals surface area contributed by atoms with Crippen LogP contribution in [0.5, 0.6) is 11.5 Å². The molecule has 2 aromatic carbocycles. The van der Waals surface area contributed by atoms with E-state index in [1.54, 1.807) is 7.11 Å². The maximum absolute atomic E-state index is 6.13. The molecule has 2 aliphatic heterocycles. The van der Waals surface area contributed by atoms with Crippen LogP contribution in [-0.2, 0) is 13.1 Å². The van der Waals surface area contributed by atoms with E-state index in [0.717, 1.165) is 57.1 Å². The van der Waals surface area contributed by atoms with E-state index in [1.807, 2.05) is 18.2 Å². The molecule has 0 saturated carbocycles. The van der Waals surface area contributed by atoms with E-state index in [4.69, 9.17) is 9.47 Å². The van der Waals surface area contributed by atoms with Crippen LogP contribution in [0.1, 0.15) is 24.0 Å². The third-order valence-corrected chi connectivity index (χ3v) is 5.51. The normalized spacial score (nSPS) is 19.7. The van der Waals surface area contributed by atoms with Gasteiger partial charge in [0, 0.05) is 31.7 Å². The molecule has 1 fully saturated rings. The zero-order chi connectivity index (χ0) is 17.1. The summed E-state index contributed by atoms with van der Waals surface area (Å²) in [6.07, 6.45) is 2.24. The first-order chi connectivity index (χ1) is 12.3. The van der Waals surface area contributed by atoms with Crippen molar-refractivity contribution in [3.63, 3.8) is 0 Å². The van der Waals surface area contributed by atoms with Crippen LogP contribution in [0.4, 0.5) is 0 Å². The molecule has 0 bridgehead atoms. The molecule has 2 aromatic rings. The van der Waals surface area contributed by atoms with E-state index < -0.39 is 0 Å². The van der Waals surface area contributed by atoms with Crippen molar-refractivity contribution in [1.82, 2.24) is 10.2 Å². The second kappa shape index (κ2) is 7.06. The Morgan fingerprint density at radius 3 is 2.60 bits per heavy atom. The molecule has 4 rings (SSSR count). The summed E-state index contributed by atoms with van der Waals surface area (Å²) in [5.41, 5.74) is 2.71. The molecule has 0 amide bonds. The lowest BCUT2D eigenvalue weighted by atomic mass is 9.88. The minimum atomic E-state index is 0.107. The summed E-state index contributed by atoms with van der Waals surface area (Å²) in [5, 5.41) is 3.78. The van der Waals surface area contributed by atoms with Crippen molar-refractivity contribution in [3.05, 3.63) is 59.7 Å². The number of rotatable bonds is 3. The molecule has 4 nitrogen and oxygen atoms in total. The second-order valence-electron chi connectivity index (χ2n) is 7.15. The number of likely N-dealkylation sites (tertiary alicyclic amines) is 1. The Kier molecular flexibility index (Phi) is 4.64. The molecule has 1 saturated heterocycles. The number of methoxy groups -OCH3 is 1. The maximum atomic E-state index is 6.13. The first kappa shape index (κ1) is 16.4. The van der Waals surface area contributed by atoms with E-state index >= 15 is 0 Å². The quantitative estimate of drug-likeness (QED) is 0.932. The number of hydrogen-bond acceptors (Lipinski definition) is 4. The van der Waals surface area contributed by atoms with Gasteiger partial charge in [0.25, 0.3) is 0 Å². The average molecular weight is 338 g/mol. The van der Waals surface area contributed by atoms with E-state index in [0.29, 0.717) is 0 Å². The SMILES string of the molecule is COc1ccc(CN2CCC3(CC2)COc2ccccc2CN3)cc1. The van der Waals surface area contributed by atoms with Crippen molar-refractivity contribution >= 4 is 0 Å². The maximum Gasteiger partial charge on any atom is 0.123 e. The van der Waals surface area contributed by atoms with Crippen molar-refractivity contribution in [1.29, 1.82) is 0 Å². The average Bonchev–Trinajstić information content (AvgIpc) is 2.85. The van der Waals surface area contributed by atoms with Gasteiger partial charge in [-0.25, -0.2) is 0 Å². The van der Waals surface area contributed by atoms with Gasteiger partial charge in [-0.05, 0) is 36.6 Å². The fourth-order valence-corrected chi connectivity index (χ4v) is 3.79. The highest BCUT2D eigenvalue weighted by Crippen LogP contribution is 2.30. The number of piperidine rings is 1. The van der Waals surface area contributed by atoms with Crippen molar-refractivity contribution in [2.75, 3.05) is 26.8 Å². The van der Waals surface area contributed by atoms with Crippen molar-refractivity contribution in [2.24, 2.45) is 0 Å². The highest BCUT2D eigenvalue weighted by molar-refractivity contribution is 5.34. The highest BCUT2D eigenvalue weighted by atomic mass is 16.5. The summed E-state index contributed by atoms with van der Waals surface area (Å²) in [6, 6.07) is 16.8. The largest absolute Gasteiger partial charge is 0.497 e. The molecule has 4 heteroatoms. The van der Waals surface area contributed by atoms with Crippen LogP contribution in [0.25, 0.3) is 0 Å². The van der Waals surface area contributed by atoms with E-state index in [9.17, 15) is 0 Å². The van der Waals surface area contributed by atoms with Gasteiger partial charge in [0.2, 0.25) is 0 Å². The van der Waals surface area contributed by atoms with E-state index in [2.05, 4.69) is 40.5 Å². The molecule has 0 aromatic heterocycles. The summed E-state index contributed by atoms with van der Waals surface area (Å²) >= 11 is 0. The monoisotopic (exact) mass is 338 g/mol. The molecule has 0 aliphatic carbocycles. The van der Waals surface area contributed by atoms with Crippen LogP contribution >= 0.6 is 0 Å². The molecule has 1 spiro atoms. The Morgan fingerprint density at radius 2 is 1.84 bits per heavy atom. The summed E-state index contributed by atoms with van der Waals surface area (Å²) < 4.78 is 11.4. The first-order valence-corrected chi connectivity index (χ1v) is 9.07. The highest BCUT2D eigenvalue weighted by Gasteiger charge is 2.36. The molecule has 0 atom stereocenters. The Balaban J connectivity index is 1.35. The predicted octanol–water partition coefficient (Wildman–Crippen LogP) is 3.21. The van der Waals surface area contributed by atoms with Gasteiger partial charge in [-0.3, -0.25) is 4.90 Å². The summed E-state index contributed by atoms with van der Waals surface area (Å²) in [7, 11) is 1.71. The molecule has 0 radical (unpaired) electrons. The van der Waals surface area contributed by atoms with E-state index in [-0.39, 0.29) is 5.54 Å². The van der Waals surface area contributed by atoms with Crippen molar-refractivity contribution < 1.29 is 9.47 Å². The minimum absolute atomic E-state index is 0.107. The van der Waals surface area contributed by atoms with Crippen LogP contribution in [0.3, 0.4) is 0 Å².